The molecule has 7 nitrogen and oxygen atoms in total. The van der Waals surface area contributed by atoms with E-state index in [9.17, 15) is 18.0 Å². The number of carbonyl (C=O) groups is 2. The van der Waals surface area contributed by atoms with Gasteiger partial charge in [-0.1, -0.05) is 72.3 Å². The average Bonchev–Trinajstić information content (AvgIpc) is 2.85. The predicted molar refractivity (Wildman–Crippen MR) is 143 cm³/mol. The van der Waals surface area contributed by atoms with Gasteiger partial charge in [-0.15, -0.1) is 0 Å². The van der Waals surface area contributed by atoms with Crippen molar-refractivity contribution in [3.63, 3.8) is 0 Å². The Morgan fingerprint density at radius 2 is 1.64 bits per heavy atom. The monoisotopic (exact) mass is 527 g/mol. The number of carbonyl (C=O) groups excluding carboxylic acids is 2. The van der Waals surface area contributed by atoms with E-state index in [0.717, 1.165) is 21.7 Å². The quantitative estimate of drug-likeness (QED) is 0.434. The van der Waals surface area contributed by atoms with Crippen LogP contribution in [0.25, 0.3) is 0 Å². The Kier molecular flexibility index (Phi) is 9.12. The minimum atomic E-state index is -3.80. The van der Waals surface area contributed by atoms with Gasteiger partial charge in [-0.05, 0) is 41.8 Å². The summed E-state index contributed by atoms with van der Waals surface area (Å²) in [6.07, 6.45) is 1.31. The zero-order chi connectivity index (χ0) is 26.3. The fourth-order valence-corrected chi connectivity index (χ4v) is 4.96. The molecule has 0 saturated heterocycles. The van der Waals surface area contributed by atoms with Gasteiger partial charge in [0.05, 0.1) is 11.9 Å². The van der Waals surface area contributed by atoms with Crippen LogP contribution < -0.4 is 9.62 Å². The molecule has 0 saturated carbocycles. The van der Waals surface area contributed by atoms with Crippen molar-refractivity contribution in [3.05, 3.63) is 101 Å². The van der Waals surface area contributed by atoms with Gasteiger partial charge in [0.2, 0.25) is 21.8 Å². The zero-order valence-electron chi connectivity index (χ0n) is 20.5. The number of benzene rings is 3. The molecule has 0 spiro atoms. The third-order valence-electron chi connectivity index (χ3n) is 5.78. The molecule has 0 aliphatic rings. The lowest BCUT2D eigenvalue weighted by molar-refractivity contribution is -0.139. The molecule has 190 valence electrons. The van der Waals surface area contributed by atoms with Gasteiger partial charge < -0.3 is 10.2 Å². The largest absolute Gasteiger partial charge is 0.357 e. The Morgan fingerprint density at radius 3 is 2.25 bits per heavy atom. The average molecular weight is 528 g/mol. The summed E-state index contributed by atoms with van der Waals surface area (Å²) < 4.78 is 26.5. The summed E-state index contributed by atoms with van der Waals surface area (Å²) in [5, 5.41) is 3.09. The lowest BCUT2D eigenvalue weighted by Crippen LogP contribution is -2.52. The van der Waals surface area contributed by atoms with Gasteiger partial charge >= 0.3 is 0 Å². The van der Waals surface area contributed by atoms with Crippen molar-refractivity contribution in [2.75, 3.05) is 24.2 Å². The lowest BCUT2D eigenvalue weighted by atomic mass is 10.0. The van der Waals surface area contributed by atoms with Gasteiger partial charge in [-0.2, -0.15) is 0 Å². The van der Waals surface area contributed by atoms with E-state index < -0.39 is 28.5 Å². The van der Waals surface area contributed by atoms with E-state index >= 15 is 0 Å². The molecule has 0 aliphatic carbocycles. The van der Waals surface area contributed by atoms with Crippen molar-refractivity contribution in [2.24, 2.45) is 0 Å². The maximum absolute atomic E-state index is 13.8. The van der Waals surface area contributed by atoms with Gasteiger partial charge in [0.1, 0.15) is 12.6 Å². The van der Waals surface area contributed by atoms with Crippen molar-refractivity contribution < 1.29 is 18.0 Å². The van der Waals surface area contributed by atoms with Crippen LogP contribution >= 0.6 is 11.6 Å². The summed E-state index contributed by atoms with van der Waals surface area (Å²) in [4.78, 5) is 28.3. The summed E-state index contributed by atoms with van der Waals surface area (Å²) in [7, 11) is -2.29. The molecule has 1 N–H and O–H groups in total. The van der Waals surface area contributed by atoms with Crippen LogP contribution in [0.4, 0.5) is 5.69 Å². The Labute approximate surface area is 217 Å². The number of anilines is 1. The molecule has 3 aromatic carbocycles. The molecule has 9 heteroatoms. The molecular weight excluding hydrogens is 498 g/mol. The first-order chi connectivity index (χ1) is 17.1. The smallest absolute Gasteiger partial charge is 0.244 e. The van der Waals surface area contributed by atoms with Crippen LogP contribution in [-0.2, 0) is 32.6 Å². The topological polar surface area (TPSA) is 86.8 Å². The second-order valence-electron chi connectivity index (χ2n) is 8.54. The van der Waals surface area contributed by atoms with Crippen LogP contribution in [0.2, 0.25) is 5.02 Å². The standard InChI is InChI=1S/C27H30ClN3O4S/c1-20-10-9-14-23(16-20)31(36(3,34)35)19-26(32)30(18-22-13-7-8-15-24(22)28)25(27(33)29-2)17-21-11-5-4-6-12-21/h4-16,25H,17-19H2,1-3H3,(H,29,33). The van der Waals surface area contributed by atoms with Crippen molar-refractivity contribution in [1.29, 1.82) is 0 Å². The third kappa shape index (κ3) is 7.08. The molecule has 1 atom stereocenters. The highest BCUT2D eigenvalue weighted by molar-refractivity contribution is 7.92. The van der Waals surface area contributed by atoms with Crippen LogP contribution in [0.5, 0.6) is 0 Å². The number of hydrogen-bond acceptors (Lipinski definition) is 4. The number of hydrogen-bond donors (Lipinski definition) is 1. The van der Waals surface area contributed by atoms with E-state index in [1.165, 1.54) is 11.9 Å². The second kappa shape index (κ2) is 12.1. The molecule has 3 rings (SSSR count). The maximum Gasteiger partial charge on any atom is 0.244 e. The Balaban J connectivity index is 2.04. The number of halogens is 1. The van der Waals surface area contributed by atoms with E-state index in [1.807, 2.05) is 43.3 Å². The molecule has 1 unspecified atom stereocenters. The van der Waals surface area contributed by atoms with E-state index in [4.69, 9.17) is 11.6 Å². The highest BCUT2D eigenvalue weighted by atomic mass is 35.5. The van der Waals surface area contributed by atoms with Crippen LogP contribution in [0.3, 0.4) is 0 Å². The van der Waals surface area contributed by atoms with E-state index in [0.29, 0.717) is 16.3 Å². The number of amides is 2. The molecule has 0 heterocycles. The number of nitrogens with zero attached hydrogens (tertiary/aromatic N) is 2. The van der Waals surface area contributed by atoms with Gasteiger partial charge in [0.25, 0.3) is 0 Å². The second-order valence-corrected chi connectivity index (χ2v) is 10.9. The Morgan fingerprint density at radius 1 is 0.972 bits per heavy atom. The molecule has 0 fully saturated rings. The van der Waals surface area contributed by atoms with Gasteiger partial charge in [-0.3, -0.25) is 13.9 Å². The van der Waals surface area contributed by atoms with Crippen molar-refractivity contribution in [1.82, 2.24) is 10.2 Å². The summed E-state index contributed by atoms with van der Waals surface area (Å²) in [6, 6.07) is 22.4. The normalized spacial score (nSPS) is 12.0. The minimum Gasteiger partial charge on any atom is -0.357 e. The maximum atomic E-state index is 13.8. The SMILES string of the molecule is CNC(=O)C(Cc1ccccc1)N(Cc1ccccc1Cl)C(=O)CN(c1cccc(C)c1)S(C)(=O)=O. The van der Waals surface area contributed by atoms with E-state index in [-0.39, 0.29) is 18.9 Å². The van der Waals surface area contributed by atoms with Crippen molar-refractivity contribution in [2.45, 2.75) is 25.9 Å². The Bertz CT molecular complexity index is 1320. The van der Waals surface area contributed by atoms with Crippen molar-refractivity contribution in [3.8, 4) is 0 Å². The summed E-state index contributed by atoms with van der Waals surface area (Å²) in [5.41, 5.74) is 2.74. The number of aryl methyl sites for hydroxylation is 1. The first-order valence-electron chi connectivity index (χ1n) is 11.4. The number of likely N-dealkylation sites (N-methyl/N-ethyl adjacent to an activating group) is 1. The molecule has 0 bridgehead atoms. The fraction of sp³-hybridized carbons (Fsp3) is 0.259. The lowest BCUT2D eigenvalue weighted by Gasteiger charge is -2.33. The first-order valence-corrected chi connectivity index (χ1v) is 13.7. The molecule has 2 amide bonds. The summed E-state index contributed by atoms with van der Waals surface area (Å²) in [6.45, 7) is 1.42. The zero-order valence-corrected chi connectivity index (χ0v) is 22.1. The van der Waals surface area contributed by atoms with E-state index in [2.05, 4.69) is 5.32 Å². The van der Waals surface area contributed by atoms with E-state index in [1.54, 1.807) is 42.5 Å². The number of sulfonamides is 1. The van der Waals surface area contributed by atoms with Gasteiger partial charge in [0, 0.05) is 25.0 Å². The molecule has 3 aromatic rings. The Hall–Kier alpha value is -3.36. The molecule has 0 aliphatic heterocycles. The number of rotatable bonds is 10. The summed E-state index contributed by atoms with van der Waals surface area (Å²) in [5.74, 6) is -0.882. The fourth-order valence-electron chi connectivity index (χ4n) is 3.93. The predicted octanol–water partition coefficient (Wildman–Crippen LogP) is 3.80. The molecule has 0 aromatic heterocycles. The van der Waals surface area contributed by atoms with Gasteiger partial charge in [-0.25, -0.2) is 8.42 Å². The third-order valence-corrected chi connectivity index (χ3v) is 7.29. The van der Waals surface area contributed by atoms with Crippen LogP contribution in [-0.4, -0.2) is 51.0 Å². The van der Waals surface area contributed by atoms with Crippen LogP contribution in [0, 0.1) is 6.92 Å². The van der Waals surface area contributed by atoms with Crippen LogP contribution in [0.1, 0.15) is 16.7 Å². The highest BCUT2D eigenvalue weighted by Gasteiger charge is 2.32. The van der Waals surface area contributed by atoms with Gasteiger partial charge in [0.15, 0.2) is 0 Å². The molecular formula is C27H30ClN3O4S. The highest BCUT2D eigenvalue weighted by Crippen LogP contribution is 2.23. The first kappa shape index (κ1) is 27.2. The van der Waals surface area contributed by atoms with Crippen molar-refractivity contribution >= 4 is 39.1 Å². The molecule has 36 heavy (non-hydrogen) atoms. The molecule has 0 radical (unpaired) electrons. The van der Waals surface area contributed by atoms with Crippen LogP contribution in [0.15, 0.2) is 78.9 Å². The minimum absolute atomic E-state index is 0.0366. The summed E-state index contributed by atoms with van der Waals surface area (Å²) >= 11 is 6.40. The number of nitrogens with one attached hydrogen (secondary N) is 1.